The van der Waals surface area contributed by atoms with E-state index in [0.29, 0.717) is 17.1 Å². The van der Waals surface area contributed by atoms with Crippen molar-refractivity contribution in [2.24, 2.45) is 10.2 Å². The number of hydrogen-bond acceptors (Lipinski definition) is 6. The van der Waals surface area contributed by atoms with E-state index in [2.05, 4.69) is 10.5 Å². The Morgan fingerprint density at radius 1 is 0.970 bits per heavy atom. The SMILES string of the molecule is NS(=O)(=O)c1ccc(NN=Cc2cn(-c3ccccc3)nc2-c2cc3ccccc3o2)cc1. The van der Waals surface area contributed by atoms with Crippen molar-refractivity contribution in [3.63, 3.8) is 0 Å². The van der Waals surface area contributed by atoms with Crippen LogP contribution in [-0.2, 0) is 10.0 Å². The summed E-state index contributed by atoms with van der Waals surface area (Å²) in [5.74, 6) is 0.629. The molecule has 2 aromatic heterocycles. The number of furan rings is 1. The zero-order valence-electron chi connectivity index (χ0n) is 17.3. The number of hydrogen-bond donors (Lipinski definition) is 2. The van der Waals surface area contributed by atoms with Gasteiger partial charge in [0.2, 0.25) is 10.0 Å². The van der Waals surface area contributed by atoms with Crippen LogP contribution >= 0.6 is 0 Å². The normalized spacial score (nSPS) is 11.9. The first-order chi connectivity index (χ1) is 16.0. The van der Waals surface area contributed by atoms with E-state index in [0.717, 1.165) is 22.2 Å². The molecule has 33 heavy (non-hydrogen) atoms. The molecule has 5 aromatic rings. The van der Waals surface area contributed by atoms with Crippen LogP contribution in [0.5, 0.6) is 0 Å². The first-order valence-electron chi connectivity index (χ1n) is 10.0. The lowest BCUT2D eigenvalue weighted by Gasteiger charge is -2.01. The zero-order valence-corrected chi connectivity index (χ0v) is 18.1. The molecule has 0 spiro atoms. The first-order valence-corrected chi connectivity index (χ1v) is 11.6. The fourth-order valence-electron chi connectivity index (χ4n) is 3.38. The number of nitrogens with two attached hydrogens (primary N) is 1. The summed E-state index contributed by atoms with van der Waals surface area (Å²) < 4.78 is 30.6. The number of fused-ring (bicyclic) bond motifs is 1. The Bertz CT molecular complexity index is 1520. The van der Waals surface area contributed by atoms with Gasteiger partial charge < -0.3 is 4.42 Å². The second-order valence-electron chi connectivity index (χ2n) is 7.30. The van der Waals surface area contributed by atoms with E-state index >= 15 is 0 Å². The minimum absolute atomic E-state index is 0.0355. The van der Waals surface area contributed by atoms with Gasteiger partial charge in [0.05, 0.1) is 22.5 Å². The van der Waals surface area contributed by atoms with Crippen LogP contribution in [0.25, 0.3) is 28.1 Å². The molecule has 3 aromatic carbocycles. The lowest BCUT2D eigenvalue weighted by molar-refractivity contribution is 0.598. The van der Waals surface area contributed by atoms with Gasteiger partial charge in [-0.3, -0.25) is 5.43 Å². The molecule has 0 bridgehead atoms. The van der Waals surface area contributed by atoms with E-state index in [1.54, 1.807) is 23.0 Å². The third-order valence-electron chi connectivity index (χ3n) is 5.00. The second-order valence-corrected chi connectivity index (χ2v) is 8.86. The summed E-state index contributed by atoms with van der Waals surface area (Å²) >= 11 is 0. The number of sulfonamides is 1. The van der Waals surface area contributed by atoms with Crippen molar-refractivity contribution in [1.82, 2.24) is 9.78 Å². The molecule has 0 radical (unpaired) electrons. The van der Waals surface area contributed by atoms with Crippen molar-refractivity contribution in [2.75, 3.05) is 5.43 Å². The van der Waals surface area contributed by atoms with Crippen molar-refractivity contribution >= 4 is 32.9 Å². The Morgan fingerprint density at radius 2 is 1.70 bits per heavy atom. The maximum absolute atomic E-state index is 11.4. The van der Waals surface area contributed by atoms with Crippen LogP contribution in [-0.4, -0.2) is 24.4 Å². The van der Waals surface area contributed by atoms with Gasteiger partial charge >= 0.3 is 0 Å². The highest BCUT2D eigenvalue weighted by molar-refractivity contribution is 7.89. The molecule has 0 aliphatic heterocycles. The maximum Gasteiger partial charge on any atom is 0.238 e. The van der Waals surface area contributed by atoms with Gasteiger partial charge in [-0.15, -0.1) is 0 Å². The highest BCUT2D eigenvalue weighted by atomic mass is 32.2. The van der Waals surface area contributed by atoms with Crippen molar-refractivity contribution < 1.29 is 12.8 Å². The Balaban J connectivity index is 1.48. The zero-order chi connectivity index (χ0) is 22.8. The Labute approximate surface area is 190 Å². The van der Waals surface area contributed by atoms with Crippen LogP contribution in [0.15, 0.2) is 106 Å². The number of anilines is 1. The van der Waals surface area contributed by atoms with Gasteiger partial charge in [0.1, 0.15) is 11.3 Å². The highest BCUT2D eigenvalue weighted by Gasteiger charge is 2.15. The van der Waals surface area contributed by atoms with Gasteiger partial charge in [-0.2, -0.15) is 10.2 Å². The quantitative estimate of drug-likeness (QED) is 0.290. The molecule has 9 heteroatoms. The molecule has 0 fully saturated rings. The van der Waals surface area contributed by atoms with E-state index in [4.69, 9.17) is 14.7 Å². The summed E-state index contributed by atoms with van der Waals surface area (Å²) in [4.78, 5) is 0.0355. The second kappa shape index (κ2) is 8.38. The number of rotatable bonds is 6. The molecule has 5 rings (SSSR count). The summed E-state index contributed by atoms with van der Waals surface area (Å²) in [6.45, 7) is 0. The van der Waals surface area contributed by atoms with E-state index < -0.39 is 10.0 Å². The molecule has 0 unspecified atom stereocenters. The van der Waals surface area contributed by atoms with E-state index in [1.165, 1.54) is 12.1 Å². The summed E-state index contributed by atoms with van der Waals surface area (Å²) in [6, 6.07) is 25.5. The van der Waals surface area contributed by atoms with Gasteiger partial charge in [-0.1, -0.05) is 36.4 Å². The van der Waals surface area contributed by atoms with Crippen LogP contribution in [0.4, 0.5) is 5.69 Å². The number of aromatic nitrogens is 2. The summed E-state index contributed by atoms with van der Waals surface area (Å²) in [6.07, 6.45) is 3.51. The molecule has 164 valence electrons. The summed E-state index contributed by atoms with van der Waals surface area (Å²) in [5, 5.41) is 15.2. The highest BCUT2D eigenvalue weighted by Crippen LogP contribution is 2.29. The molecular formula is C24H19N5O3S. The molecule has 0 saturated carbocycles. The average molecular weight is 458 g/mol. The van der Waals surface area contributed by atoms with Crippen molar-refractivity contribution in [3.05, 3.63) is 96.7 Å². The molecule has 8 nitrogen and oxygen atoms in total. The third-order valence-corrected chi connectivity index (χ3v) is 5.93. The van der Waals surface area contributed by atoms with Crippen LogP contribution in [0, 0.1) is 0 Å². The molecule has 2 heterocycles. The number of hydrazone groups is 1. The molecule has 3 N–H and O–H groups in total. The van der Waals surface area contributed by atoms with Gasteiger partial charge in [0.25, 0.3) is 0 Å². The summed E-state index contributed by atoms with van der Waals surface area (Å²) in [5.41, 5.74) is 6.57. The Hall–Kier alpha value is -4.21. The largest absolute Gasteiger partial charge is 0.454 e. The molecule has 0 aliphatic rings. The first kappa shape index (κ1) is 20.7. The van der Waals surface area contributed by atoms with Gasteiger partial charge in [-0.25, -0.2) is 18.2 Å². The van der Waals surface area contributed by atoms with Gasteiger partial charge in [-0.05, 0) is 48.5 Å². The number of nitrogens with one attached hydrogen (secondary N) is 1. The predicted octanol–water partition coefficient (Wildman–Crippen LogP) is 4.38. The molecular weight excluding hydrogens is 438 g/mol. The topological polar surface area (TPSA) is 116 Å². The predicted molar refractivity (Wildman–Crippen MR) is 128 cm³/mol. The van der Waals surface area contributed by atoms with Crippen molar-refractivity contribution in [2.45, 2.75) is 4.90 Å². The molecule has 0 saturated heterocycles. The minimum Gasteiger partial charge on any atom is -0.454 e. The third kappa shape index (κ3) is 4.40. The average Bonchev–Trinajstić information content (AvgIpc) is 3.44. The van der Waals surface area contributed by atoms with Crippen LogP contribution in [0.1, 0.15) is 5.56 Å². The van der Waals surface area contributed by atoms with Crippen LogP contribution in [0.2, 0.25) is 0 Å². The number of para-hydroxylation sites is 2. The van der Waals surface area contributed by atoms with Crippen molar-refractivity contribution in [1.29, 1.82) is 0 Å². The monoisotopic (exact) mass is 457 g/mol. The lowest BCUT2D eigenvalue weighted by Crippen LogP contribution is -2.11. The number of benzene rings is 3. The summed E-state index contributed by atoms with van der Waals surface area (Å²) in [7, 11) is -3.74. The molecule has 0 amide bonds. The van der Waals surface area contributed by atoms with E-state index in [9.17, 15) is 8.42 Å². The van der Waals surface area contributed by atoms with Gasteiger partial charge in [0.15, 0.2) is 5.76 Å². The van der Waals surface area contributed by atoms with E-state index in [1.807, 2.05) is 66.9 Å². The standard InChI is InChI=1S/C24H19N5O3S/c25-33(30,31)21-12-10-19(11-13-21)27-26-15-18-16-29(20-7-2-1-3-8-20)28-24(18)23-14-17-6-4-5-9-22(17)32-23/h1-16,27H,(H2,25,30,31). The van der Waals surface area contributed by atoms with Crippen LogP contribution < -0.4 is 10.6 Å². The maximum atomic E-state index is 11.4. The Kier molecular flexibility index (Phi) is 5.25. The van der Waals surface area contributed by atoms with Crippen molar-refractivity contribution in [3.8, 4) is 17.1 Å². The molecule has 0 atom stereocenters. The fourth-order valence-corrected chi connectivity index (χ4v) is 3.90. The minimum atomic E-state index is -3.74. The smallest absolute Gasteiger partial charge is 0.238 e. The lowest BCUT2D eigenvalue weighted by atomic mass is 10.2. The van der Waals surface area contributed by atoms with E-state index in [-0.39, 0.29) is 4.90 Å². The number of nitrogens with zero attached hydrogens (tertiary/aromatic N) is 3. The Morgan fingerprint density at radius 3 is 2.42 bits per heavy atom. The fraction of sp³-hybridized carbons (Fsp3) is 0. The van der Waals surface area contributed by atoms with Gasteiger partial charge in [0, 0.05) is 17.1 Å². The molecule has 0 aliphatic carbocycles. The number of primary sulfonamides is 1. The van der Waals surface area contributed by atoms with Crippen LogP contribution in [0.3, 0.4) is 0 Å².